The summed E-state index contributed by atoms with van der Waals surface area (Å²) in [5.41, 5.74) is 5.64. The fraction of sp³-hybridized carbons (Fsp3) is 0.818. The first kappa shape index (κ1) is 13.8. The lowest BCUT2D eigenvalue weighted by Crippen LogP contribution is -2.50. The van der Waals surface area contributed by atoms with E-state index < -0.39 is 0 Å². The summed E-state index contributed by atoms with van der Waals surface area (Å²) in [6, 6.07) is -0.386. The number of amidine groups is 1. The van der Waals surface area contributed by atoms with Crippen LogP contribution in [-0.2, 0) is 9.53 Å². The van der Waals surface area contributed by atoms with Crippen molar-refractivity contribution in [2.75, 3.05) is 13.7 Å². The molecule has 6 heteroatoms. The number of hydrogen-bond donors (Lipinski definition) is 3. The summed E-state index contributed by atoms with van der Waals surface area (Å²) in [6.45, 7) is -0.0120. The van der Waals surface area contributed by atoms with Gasteiger partial charge in [0.2, 0.25) is 5.91 Å². The molecule has 0 spiro atoms. The number of rotatable bonds is 5. The van der Waals surface area contributed by atoms with Crippen LogP contribution in [0, 0.1) is 5.92 Å². The molecule has 0 aromatic carbocycles. The second-order valence-electron chi connectivity index (χ2n) is 4.40. The van der Waals surface area contributed by atoms with E-state index in [0.29, 0.717) is 0 Å². The molecule has 1 atom stereocenters. The number of carbonyl (C=O) groups is 1. The van der Waals surface area contributed by atoms with E-state index in [1.807, 2.05) is 0 Å². The van der Waals surface area contributed by atoms with Crippen LogP contribution < -0.4 is 11.1 Å². The third kappa shape index (κ3) is 4.22. The number of carbonyl (C=O) groups excluding carboxylic acids is 1. The Morgan fingerprint density at radius 1 is 1.53 bits per heavy atom. The van der Waals surface area contributed by atoms with Crippen molar-refractivity contribution in [3.63, 3.8) is 0 Å². The lowest BCUT2D eigenvalue weighted by molar-refractivity contribution is -0.125. The largest absolute Gasteiger partial charge is 0.409 e. The van der Waals surface area contributed by atoms with Crippen LogP contribution >= 0.6 is 0 Å². The highest BCUT2D eigenvalue weighted by molar-refractivity contribution is 5.90. The molecule has 0 aromatic rings. The van der Waals surface area contributed by atoms with Gasteiger partial charge in [-0.15, -0.1) is 0 Å². The third-order valence-corrected chi connectivity index (χ3v) is 3.15. The molecule has 98 valence electrons. The minimum Gasteiger partial charge on any atom is -0.409 e. The molecule has 0 heterocycles. The number of amides is 1. The maximum Gasteiger partial charge on any atom is 0.246 e. The molecule has 1 aliphatic carbocycles. The molecule has 1 unspecified atom stereocenters. The van der Waals surface area contributed by atoms with Crippen LogP contribution in [0.25, 0.3) is 0 Å². The van der Waals surface area contributed by atoms with E-state index in [1.54, 1.807) is 0 Å². The second kappa shape index (κ2) is 7.11. The van der Waals surface area contributed by atoms with Crippen molar-refractivity contribution < 1.29 is 14.7 Å². The fourth-order valence-electron chi connectivity index (χ4n) is 2.31. The molecular formula is C11H21N3O3. The Labute approximate surface area is 101 Å². The zero-order valence-electron chi connectivity index (χ0n) is 10.2. The lowest BCUT2D eigenvalue weighted by atomic mass is 9.83. The number of nitrogens with two attached hydrogens (primary N) is 1. The Morgan fingerprint density at radius 2 is 2.18 bits per heavy atom. The summed E-state index contributed by atoms with van der Waals surface area (Å²) in [5.74, 6) is 0.0801. The van der Waals surface area contributed by atoms with Gasteiger partial charge >= 0.3 is 0 Å². The first-order valence-electron chi connectivity index (χ1n) is 5.94. The molecule has 0 aromatic heterocycles. The Balaban J connectivity index is 2.62. The summed E-state index contributed by atoms with van der Waals surface area (Å²) in [6.07, 6.45) is 5.45. The fourth-order valence-corrected chi connectivity index (χ4v) is 2.31. The predicted molar refractivity (Wildman–Crippen MR) is 63.8 cm³/mol. The van der Waals surface area contributed by atoms with Crippen LogP contribution in [0.4, 0.5) is 0 Å². The van der Waals surface area contributed by atoms with Crippen LogP contribution in [0.1, 0.15) is 32.1 Å². The molecule has 6 nitrogen and oxygen atoms in total. The molecule has 0 radical (unpaired) electrons. The molecule has 0 bridgehead atoms. The molecule has 4 N–H and O–H groups in total. The summed E-state index contributed by atoms with van der Waals surface area (Å²) >= 11 is 0. The highest BCUT2D eigenvalue weighted by Crippen LogP contribution is 2.26. The molecule has 1 rings (SSSR count). The standard InChI is InChI=1S/C11H21N3O3/c1-17-7-9(15)13-10(11(12)14-16)8-5-3-2-4-6-8/h8,10,16H,2-7H2,1H3,(H2,12,14)(H,13,15). The molecule has 1 aliphatic rings. The average molecular weight is 243 g/mol. The summed E-state index contributed by atoms with van der Waals surface area (Å²) < 4.78 is 4.75. The maximum absolute atomic E-state index is 11.5. The SMILES string of the molecule is COCC(=O)NC(C(N)=NO)C1CCCCC1. The van der Waals surface area contributed by atoms with E-state index >= 15 is 0 Å². The minimum atomic E-state index is -0.386. The van der Waals surface area contributed by atoms with Gasteiger partial charge in [0.25, 0.3) is 0 Å². The monoisotopic (exact) mass is 243 g/mol. The zero-order valence-corrected chi connectivity index (χ0v) is 10.2. The van der Waals surface area contributed by atoms with E-state index in [-0.39, 0.29) is 30.3 Å². The Kier molecular flexibility index (Phi) is 5.76. The van der Waals surface area contributed by atoms with Crippen LogP contribution in [-0.4, -0.2) is 36.7 Å². The predicted octanol–water partition coefficient (Wildman–Crippen LogP) is 0.444. The van der Waals surface area contributed by atoms with Crippen molar-refractivity contribution >= 4 is 11.7 Å². The molecule has 0 saturated heterocycles. The molecular weight excluding hydrogens is 222 g/mol. The number of hydrogen-bond acceptors (Lipinski definition) is 4. The molecule has 0 aliphatic heterocycles. The quantitative estimate of drug-likeness (QED) is 0.282. The summed E-state index contributed by atoms with van der Waals surface area (Å²) in [7, 11) is 1.46. The van der Waals surface area contributed by atoms with Gasteiger partial charge in [-0.2, -0.15) is 0 Å². The van der Waals surface area contributed by atoms with E-state index in [9.17, 15) is 4.79 Å². The van der Waals surface area contributed by atoms with Crippen molar-refractivity contribution in [3.05, 3.63) is 0 Å². The van der Waals surface area contributed by atoms with Crippen LogP contribution in [0.2, 0.25) is 0 Å². The molecule has 1 amide bonds. The zero-order chi connectivity index (χ0) is 12.7. The average Bonchev–Trinajstić information content (AvgIpc) is 2.36. The lowest BCUT2D eigenvalue weighted by Gasteiger charge is -2.29. The third-order valence-electron chi connectivity index (χ3n) is 3.15. The minimum absolute atomic E-state index is 0.0120. The Bertz CT molecular complexity index is 275. The van der Waals surface area contributed by atoms with Gasteiger partial charge in [0, 0.05) is 7.11 Å². The van der Waals surface area contributed by atoms with Gasteiger partial charge in [0.1, 0.15) is 6.61 Å². The van der Waals surface area contributed by atoms with Crippen molar-refractivity contribution in [1.29, 1.82) is 0 Å². The second-order valence-corrected chi connectivity index (χ2v) is 4.40. The van der Waals surface area contributed by atoms with Crippen LogP contribution in [0.3, 0.4) is 0 Å². The number of methoxy groups -OCH3 is 1. The van der Waals surface area contributed by atoms with Gasteiger partial charge in [-0.1, -0.05) is 24.4 Å². The number of nitrogens with one attached hydrogen (secondary N) is 1. The highest BCUT2D eigenvalue weighted by Gasteiger charge is 2.28. The van der Waals surface area contributed by atoms with E-state index in [1.165, 1.54) is 13.5 Å². The van der Waals surface area contributed by atoms with Gasteiger partial charge in [-0.25, -0.2) is 0 Å². The topological polar surface area (TPSA) is 96.9 Å². The van der Waals surface area contributed by atoms with Crippen molar-refractivity contribution in [1.82, 2.24) is 5.32 Å². The molecule has 1 saturated carbocycles. The smallest absolute Gasteiger partial charge is 0.246 e. The van der Waals surface area contributed by atoms with E-state index in [4.69, 9.17) is 15.7 Å². The van der Waals surface area contributed by atoms with Crippen LogP contribution in [0.15, 0.2) is 5.16 Å². The van der Waals surface area contributed by atoms with Gasteiger partial charge in [0.05, 0.1) is 6.04 Å². The van der Waals surface area contributed by atoms with Gasteiger partial charge in [-0.05, 0) is 18.8 Å². The number of ether oxygens (including phenoxy) is 1. The number of oxime groups is 1. The van der Waals surface area contributed by atoms with Gasteiger partial charge in [0.15, 0.2) is 5.84 Å². The van der Waals surface area contributed by atoms with Gasteiger partial charge in [-0.3, -0.25) is 4.79 Å². The Morgan fingerprint density at radius 3 is 2.71 bits per heavy atom. The van der Waals surface area contributed by atoms with Gasteiger partial charge < -0.3 is 21.0 Å². The summed E-state index contributed by atoms with van der Waals surface area (Å²) in [5, 5.41) is 14.5. The van der Waals surface area contributed by atoms with E-state index in [2.05, 4.69) is 10.5 Å². The molecule has 17 heavy (non-hydrogen) atoms. The highest BCUT2D eigenvalue weighted by atomic mass is 16.5. The summed E-state index contributed by atoms with van der Waals surface area (Å²) in [4.78, 5) is 11.5. The van der Waals surface area contributed by atoms with Crippen molar-refractivity contribution in [2.45, 2.75) is 38.1 Å². The van der Waals surface area contributed by atoms with Crippen LogP contribution in [0.5, 0.6) is 0 Å². The van der Waals surface area contributed by atoms with Crippen molar-refractivity contribution in [3.8, 4) is 0 Å². The normalized spacial score (nSPS) is 19.9. The van der Waals surface area contributed by atoms with E-state index in [0.717, 1.165) is 25.7 Å². The Hall–Kier alpha value is -1.30. The first-order chi connectivity index (χ1) is 8.19. The molecule has 1 fully saturated rings. The first-order valence-corrected chi connectivity index (χ1v) is 5.94. The van der Waals surface area contributed by atoms with Crippen molar-refractivity contribution in [2.24, 2.45) is 16.8 Å². The number of nitrogens with zero attached hydrogens (tertiary/aromatic N) is 1. The maximum atomic E-state index is 11.5.